The summed E-state index contributed by atoms with van der Waals surface area (Å²) >= 11 is 0. The first kappa shape index (κ1) is 9.74. The Hall–Kier alpha value is -0.800. The van der Waals surface area contributed by atoms with Crippen molar-refractivity contribution in [3.05, 3.63) is 23.7 Å². The predicted molar refractivity (Wildman–Crippen MR) is 54.2 cm³/mol. The highest BCUT2D eigenvalue weighted by atomic mass is 16.5. The van der Waals surface area contributed by atoms with Gasteiger partial charge < -0.3 is 14.5 Å². The van der Waals surface area contributed by atoms with Crippen molar-refractivity contribution in [1.29, 1.82) is 0 Å². The van der Waals surface area contributed by atoms with Crippen molar-refractivity contribution in [2.45, 2.75) is 39.0 Å². The maximum Gasteiger partial charge on any atom is 0.123 e. The lowest BCUT2D eigenvalue weighted by Crippen LogP contribution is -2.44. The topological polar surface area (TPSA) is 34.4 Å². The van der Waals surface area contributed by atoms with E-state index >= 15 is 0 Å². The molecule has 2 rings (SSSR count). The second-order valence-electron chi connectivity index (χ2n) is 3.99. The fourth-order valence-corrected chi connectivity index (χ4v) is 1.90. The molecule has 0 saturated carbocycles. The molecule has 1 aromatic rings. The van der Waals surface area contributed by atoms with E-state index in [4.69, 9.17) is 9.15 Å². The lowest BCUT2D eigenvalue weighted by molar-refractivity contribution is -0.0490. The zero-order valence-electron chi connectivity index (χ0n) is 8.91. The largest absolute Gasteiger partial charge is 0.465 e. The Bertz CT molecular complexity index is 308. The van der Waals surface area contributed by atoms with Crippen molar-refractivity contribution < 1.29 is 9.15 Å². The monoisotopic (exact) mass is 195 g/mol. The number of hydrogen-bond acceptors (Lipinski definition) is 3. The van der Waals surface area contributed by atoms with Crippen LogP contribution in [0.5, 0.6) is 0 Å². The third-order valence-corrected chi connectivity index (χ3v) is 2.61. The van der Waals surface area contributed by atoms with Crippen LogP contribution in [0.4, 0.5) is 0 Å². The average molecular weight is 195 g/mol. The average Bonchev–Trinajstić information content (AvgIpc) is 2.51. The van der Waals surface area contributed by atoms with E-state index in [0.29, 0.717) is 0 Å². The van der Waals surface area contributed by atoms with E-state index < -0.39 is 0 Å². The first-order chi connectivity index (χ1) is 6.66. The molecule has 1 aliphatic heterocycles. The number of furan rings is 1. The second kappa shape index (κ2) is 3.75. The summed E-state index contributed by atoms with van der Waals surface area (Å²) in [6.45, 7) is 6.99. The molecule has 0 bridgehead atoms. The van der Waals surface area contributed by atoms with Crippen LogP contribution in [0.2, 0.25) is 0 Å². The molecule has 0 unspecified atom stereocenters. The molecule has 0 radical (unpaired) electrons. The van der Waals surface area contributed by atoms with Crippen LogP contribution in [0.1, 0.15) is 31.4 Å². The number of rotatable bonds is 1. The van der Waals surface area contributed by atoms with Crippen molar-refractivity contribution in [1.82, 2.24) is 5.32 Å². The number of ether oxygens (including phenoxy) is 1. The van der Waals surface area contributed by atoms with E-state index in [0.717, 1.165) is 18.1 Å². The predicted octanol–water partition coefficient (Wildman–Crippen LogP) is 2.03. The van der Waals surface area contributed by atoms with Gasteiger partial charge in [0.2, 0.25) is 0 Å². The summed E-state index contributed by atoms with van der Waals surface area (Å²) in [4.78, 5) is 0. The first-order valence-corrected chi connectivity index (χ1v) is 5.12. The van der Waals surface area contributed by atoms with Crippen LogP contribution in [0.15, 0.2) is 16.5 Å². The number of hydrogen-bond donors (Lipinski definition) is 1. The van der Waals surface area contributed by atoms with E-state index in [1.165, 1.54) is 0 Å². The summed E-state index contributed by atoms with van der Waals surface area (Å²) in [6, 6.07) is 4.20. The Morgan fingerprint density at radius 2 is 2.14 bits per heavy atom. The number of nitrogens with one attached hydrogen (secondary N) is 1. The van der Waals surface area contributed by atoms with E-state index in [1.807, 2.05) is 19.1 Å². The molecule has 1 aromatic heterocycles. The molecule has 1 aliphatic rings. The van der Waals surface area contributed by atoms with Gasteiger partial charge in [0.25, 0.3) is 0 Å². The third kappa shape index (κ3) is 1.83. The summed E-state index contributed by atoms with van der Waals surface area (Å²) in [5.74, 6) is 1.93. The zero-order valence-corrected chi connectivity index (χ0v) is 8.91. The molecular formula is C11H17NO2. The molecule has 1 saturated heterocycles. The van der Waals surface area contributed by atoms with Gasteiger partial charge in [-0.3, -0.25) is 0 Å². The number of morpholine rings is 1. The minimum atomic E-state index is 0.171. The normalized spacial score (nSPS) is 33.2. The van der Waals surface area contributed by atoms with Gasteiger partial charge in [-0.15, -0.1) is 0 Å². The minimum Gasteiger partial charge on any atom is -0.465 e. The van der Waals surface area contributed by atoms with Gasteiger partial charge in [0.1, 0.15) is 11.5 Å². The van der Waals surface area contributed by atoms with Crippen molar-refractivity contribution >= 4 is 0 Å². The van der Waals surface area contributed by atoms with Crippen LogP contribution in [-0.4, -0.2) is 18.8 Å². The van der Waals surface area contributed by atoms with Crippen LogP contribution in [0, 0.1) is 6.92 Å². The third-order valence-electron chi connectivity index (χ3n) is 2.61. The highest BCUT2D eigenvalue weighted by Gasteiger charge is 2.28. The summed E-state index contributed by atoms with van der Waals surface area (Å²) in [5, 5.41) is 3.43. The molecule has 1 fully saturated rings. The molecule has 3 heteroatoms. The fraction of sp³-hybridized carbons (Fsp3) is 0.636. The van der Waals surface area contributed by atoms with Gasteiger partial charge in [0, 0.05) is 6.54 Å². The van der Waals surface area contributed by atoms with Gasteiger partial charge in [-0.1, -0.05) is 0 Å². The van der Waals surface area contributed by atoms with Gasteiger partial charge in [-0.25, -0.2) is 0 Å². The standard InChI is InChI=1S/C11H17NO2/c1-7-4-5-10(14-7)11-9(3)13-8(2)6-12-11/h4-5,8-9,11-12H,6H2,1-3H3/t8-,9+,11+/m0/s1. The van der Waals surface area contributed by atoms with Crippen molar-refractivity contribution in [2.24, 2.45) is 0 Å². The molecule has 3 atom stereocenters. The SMILES string of the molecule is Cc1ccc([C@@H]2NC[C@H](C)O[C@@H]2C)o1. The molecule has 14 heavy (non-hydrogen) atoms. The van der Waals surface area contributed by atoms with Crippen LogP contribution in [0.3, 0.4) is 0 Å². The molecular weight excluding hydrogens is 178 g/mol. The molecule has 1 N–H and O–H groups in total. The van der Waals surface area contributed by atoms with Gasteiger partial charge in [-0.05, 0) is 32.9 Å². The minimum absolute atomic E-state index is 0.171. The highest BCUT2D eigenvalue weighted by molar-refractivity contribution is 5.11. The molecule has 0 amide bonds. The smallest absolute Gasteiger partial charge is 0.123 e. The zero-order chi connectivity index (χ0) is 10.1. The van der Waals surface area contributed by atoms with Gasteiger partial charge in [-0.2, -0.15) is 0 Å². The maximum atomic E-state index is 5.74. The van der Waals surface area contributed by atoms with Crippen LogP contribution < -0.4 is 5.32 Å². The van der Waals surface area contributed by atoms with Gasteiger partial charge >= 0.3 is 0 Å². The van der Waals surface area contributed by atoms with Crippen molar-refractivity contribution in [2.75, 3.05) is 6.54 Å². The summed E-state index contributed by atoms with van der Waals surface area (Å²) in [7, 11) is 0. The summed E-state index contributed by atoms with van der Waals surface area (Å²) in [5.41, 5.74) is 0. The number of aryl methyl sites for hydroxylation is 1. The Kier molecular flexibility index (Phi) is 2.61. The second-order valence-corrected chi connectivity index (χ2v) is 3.99. The lowest BCUT2D eigenvalue weighted by atomic mass is 10.1. The summed E-state index contributed by atoms with van der Waals surface area (Å²) < 4.78 is 11.3. The Morgan fingerprint density at radius 3 is 2.71 bits per heavy atom. The molecule has 3 nitrogen and oxygen atoms in total. The molecule has 78 valence electrons. The van der Waals surface area contributed by atoms with Crippen LogP contribution >= 0.6 is 0 Å². The Morgan fingerprint density at radius 1 is 1.36 bits per heavy atom. The van der Waals surface area contributed by atoms with E-state index in [1.54, 1.807) is 0 Å². The van der Waals surface area contributed by atoms with Crippen molar-refractivity contribution in [3.8, 4) is 0 Å². The fourth-order valence-electron chi connectivity index (χ4n) is 1.90. The van der Waals surface area contributed by atoms with E-state index in [-0.39, 0.29) is 18.2 Å². The lowest BCUT2D eigenvalue weighted by Gasteiger charge is -2.33. The maximum absolute atomic E-state index is 5.74. The van der Waals surface area contributed by atoms with E-state index in [9.17, 15) is 0 Å². The van der Waals surface area contributed by atoms with Crippen molar-refractivity contribution in [3.63, 3.8) is 0 Å². The van der Waals surface area contributed by atoms with Gasteiger partial charge in [0.15, 0.2) is 0 Å². The Labute approximate surface area is 84.4 Å². The quantitative estimate of drug-likeness (QED) is 0.744. The molecule has 0 aromatic carbocycles. The van der Waals surface area contributed by atoms with Crippen LogP contribution in [-0.2, 0) is 4.74 Å². The highest BCUT2D eigenvalue weighted by Crippen LogP contribution is 2.25. The molecule has 0 spiro atoms. The summed E-state index contributed by atoms with van der Waals surface area (Å²) in [6.07, 6.45) is 0.460. The molecule has 0 aliphatic carbocycles. The van der Waals surface area contributed by atoms with Gasteiger partial charge in [0.05, 0.1) is 18.2 Å². The molecule has 2 heterocycles. The first-order valence-electron chi connectivity index (χ1n) is 5.12. The van der Waals surface area contributed by atoms with Crippen LogP contribution in [0.25, 0.3) is 0 Å². The Balaban J connectivity index is 2.11. The van der Waals surface area contributed by atoms with E-state index in [2.05, 4.69) is 19.2 Å².